The molecule has 1 amide bonds. The lowest BCUT2D eigenvalue weighted by molar-refractivity contribution is -0.129. The number of carbonyl (C=O) groups excluding carboxylic acids is 1. The van der Waals surface area contributed by atoms with E-state index in [-0.39, 0.29) is 11.9 Å². The van der Waals surface area contributed by atoms with Crippen LogP contribution in [0.3, 0.4) is 0 Å². The number of halogens is 1. The fraction of sp³-hybridized carbons (Fsp3) is 0.462. The number of hydrogen-bond acceptors (Lipinski definition) is 3. The van der Waals surface area contributed by atoms with Gasteiger partial charge in [0, 0.05) is 26.2 Å². The molecule has 0 bridgehead atoms. The minimum atomic E-state index is -0.0364. The number of carbonyl (C=O) groups is 1. The molecular weight excluding hydrogens is 250 g/mol. The zero-order valence-corrected chi connectivity index (χ0v) is 11.4. The van der Waals surface area contributed by atoms with E-state index in [1.165, 1.54) is 0 Å². The van der Waals surface area contributed by atoms with Gasteiger partial charge < -0.3 is 15.5 Å². The minimum absolute atomic E-state index is 0.0364. The van der Waals surface area contributed by atoms with Crippen LogP contribution < -0.4 is 10.6 Å². The highest BCUT2D eigenvalue weighted by molar-refractivity contribution is 6.33. The number of piperazine rings is 1. The first-order valence-corrected chi connectivity index (χ1v) is 6.41. The third-order valence-electron chi connectivity index (χ3n) is 3.30. The summed E-state index contributed by atoms with van der Waals surface area (Å²) in [5.74, 6) is 0.119. The zero-order valence-electron chi connectivity index (χ0n) is 10.7. The van der Waals surface area contributed by atoms with Gasteiger partial charge in [0.25, 0.3) is 0 Å². The molecule has 0 aliphatic carbocycles. The molecule has 0 spiro atoms. The summed E-state index contributed by atoms with van der Waals surface area (Å²) in [6, 6.07) is 5.75. The van der Waals surface area contributed by atoms with Gasteiger partial charge in [-0.15, -0.1) is 0 Å². The van der Waals surface area contributed by atoms with Gasteiger partial charge in [-0.2, -0.15) is 0 Å². The zero-order chi connectivity index (χ0) is 13.3. The molecule has 98 valence electrons. The van der Waals surface area contributed by atoms with Crippen molar-refractivity contribution in [1.82, 2.24) is 4.90 Å². The number of rotatable bonds is 2. The lowest BCUT2D eigenvalue weighted by Gasteiger charge is -2.34. The molecule has 1 aromatic rings. The maximum atomic E-state index is 11.7. The first-order chi connectivity index (χ1) is 8.49. The second-order valence-electron chi connectivity index (χ2n) is 4.74. The normalized spacial score (nSPS) is 18.1. The fourth-order valence-corrected chi connectivity index (χ4v) is 2.34. The average Bonchev–Trinajstić information content (AvgIpc) is 2.32. The van der Waals surface area contributed by atoms with Gasteiger partial charge in [0.05, 0.1) is 17.3 Å². The lowest BCUT2D eigenvalue weighted by Crippen LogP contribution is -2.48. The first-order valence-electron chi connectivity index (χ1n) is 6.03. The Kier molecular flexibility index (Phi) is 3.78. The highest BCUT2D eigenvalue weighted by Gasteiger charge is 2.22. The van der Waals surface area contributed by atoms with Crippen molar-refractivity contribution in [3.8, 4) is 0 Å². The second-order valence-corrected chi connectivity index (χ2v) is 5.14. The molecule has 0 aromatic heterocycles. The molecule has 18 heavy (non-hydrogen) atoms. The van der Waals surface area contributed by atoms with Gasteiger partial charge in [-0.25, -0.2) is 0 Å². The second kappa shape index (κ2) is 5.16. The molecule has 0 saturated carbocycles. The molecule has 0 radical (unpaired) electrons. The molecular formula is C13H18ClN3O. The van der Waals surface area contributed by atoms with Crippen LogP contribution in [0.5, 0.6) is 0 Å². The van der Waals surface area contributed by atoms with Crippen molar-refractivity contribution in [2.24, 2.45) is 5.73 Å². The van der Waals surface area contributed by atoms with E-state index in [1.54, 1.807) is 4.90 Å². The van der Waals surface area contributed by atoms with Crippen LogP contribution >= 0.6 is 11.6 Å². The summed E-state index contributed by atoms with van der Waals surface area (Å²) in [7, 11) is 1.82. The maximum absolute atomic E-state index is 11.7. The van der Waals surface area contributed by atoms with Gasteiger partial charge in [-0.1, -0.05) is 17.7 Å². The molecule has 2 N–H and O–H groups in total. The number of nitrogens with two attached hydrogens (primary N) is 1. The smallest absolute Gasteiger partial charge is 0.241 e. The largest absolute Gasteiger partial charge is 0.359 e. The fourth-order valence-electron chi connectivity index (χ4n) is 2.03. The highest BCUT2D eigenvalue weighted by Crippen LogP contribution is 2.29. The van der Waals surface area contributed by atoms with Gasteiger partial charge in [0.2, 0.25) is 5.91 Å². The van der Waals surface area contributed by atoms with Crippen molar-refractivity contribution in [3.63, 3.8) is 0 Å². The van der Waals surface area contributed by atoms with Crippen LogP contribution in [0.2, 0.25) is 5.02 Å². The molecule has 1 fully saturated rings. The van der Waals surface area contributed by atoms with E-state index in [2.05, 4.69) is 0 Å². The predicted octanol–water partition coefficient (Wildman–Crippen LogP) is 1.64. The van der Waals surface area contributed by atoms with E-state index >= 15 is 0 Å². The molecule has 1 atom stereocenters. The third-order valence-corrected chi connectivity index (χ3v) is 3.60. The van der Waals surface area contributed by atoms with Crippen molar-refractivity contribution in [2.75, 3.05) is 31.6 Å². The quantitative estimate of drug-likeness (QED) is 0.886. The number of amides is 1. The molecule has 4 nitrogen and oxygen atoms in total. The molecule has 5 heteroatoms. The molecule has 2 rings (SSSR count). The van der Waals surface area contributed by atoms with E-state index < -0.39 is 0 Å². The Bertz CT molecular complexity index is 462. The van der Waals surface area contributed by atoms with Crippen LogP contribution in [0.15, 0.2) is 18.2 Å². The van der Waals surface area contributed by atoms with E-state index in [4.69, 9.17) is 17.3 Å². The molecule has 1 heterocycles. The Labute approximate surface area is 112 Å². The molecule has 1 aliphatic heterocycles. The third kappa shape index (κ3) is 2.60. The van der Waals surface area contributed by atoms with Gasteiger partial charge in [0.15, 0.2) is 0 Å². The summed E-state index contributed by atoms with van der Waals surface area (Å²) < 4.78 is 0. The van der Waals surface area contributed by atoms with Crippen LogP contribution in [0, 0.1) is 0 Å². The monoisotopic (exact) mass is 267 g/mol. The summed E-state index contributed by atoms with van der Waals surface area (Å²) in [5, 5.41) is 0.655. The van der Waals surface area contributed by atoms with Crippen molar-refractivity contribution < 1.29 is 4.79 Å². The van der Waals surface area contributed by atoms with Gasteiger partial charge in [-0.05, 0) is 24.6 Å². The van der Waals surface area contributed by atoms with Crippen molar-refractivity contribution >= 4 is 23.2 Å². The predicted molar refractivity (Wildman–Crippen MR) is 73.9 cm³/mol. The van der Waals surface area contributed by atoms with E-state index in [9.17, 15) is 4.79 Å². The molecule has 0 unspecified atom stereocenters. The van der Waals surface area contributed by atoms with Gasteiger partial charge >= 0.3 is 0 Å². The Morgan fingerprint density at radius 1 is 1.39 bits per heavy atom. The Hall–Kier alpha value is -1.26. The summed E-state index contributed by atoms with van der Waals surface area (Å²) in [4.78, 5) is 15.4. The molecule has 1 aromatic carbocycles. The summed E-state index contributed by atoms with van der Waals surface area (Å²) in [6.45, 7) is 3.84. The van der Waals surface area contributed by atoms with Crippen LogP contribution in [-0.4, -0.2) is 37.5 Å². The SMILES string of the molecule is C[C@@H](N)c1ccc(N2CCN(C)C(=O)C2)c(Cl)c1. The Morgan fingerprint density at radius 2 is 2.11 bits per heavy atom. The maximum Gasteiger partial charge on any atom is 0.241 e. The standard InChI is InChI=1S/C13H18ClN3O/c1-9(15)10-3-4-12(11(14)7-10)17-6-5-16(2)13(18)8-17/h3-4,7,9H,5-6,8,15H2,1-2H3/t9-/m1/s1. The molecule has 1 saturated heterocycles. The van der Waals surface area contributed by atoms with E-state index in [1.807, 2.05) is 37.1 Å². The average molecular weight is 268 g/mol. The van der Waals surface area contributed by atoms with Crippen molar-refractivity contribution in [3.05, 3.63) is 28.8 Å². The molecule has 1 aliphatic rings. The number of nitrogens with zero attached hydrogens (tertiary/aromatic N) is 2. The minimum Gasteiger partial charge on any atom is -0.359 e. The van der Waals surface area contributed by atoms with E-state index in [0.717, 1.165) is 24.3 Å². The van der Waals surface area contributed by atoms with Gasteiger partial charge in [0.1, 0.15) is 0 Å². The summed E-state index contributed by atoms with van der Waals surface area (Å²) in [5.41, 5.74) is 7.73. The van der Waals surface area contributed by atoms with Crippen LogP contribution in [0.25, 0.3) is 0 Å². The number of benzene rings is 1. The van der Waals surface area contributed by atoms with Crippen LogP contribution in [-0.2, 0) is 4.79 Å². The first kappa shape index (κ1) is 13.2. The summed E-state index contributed by atoms with van der Waals surface area (Å²) >= 11 is 6.27. The number of anilines is 1. The number of likely N-dealkylation sites (N-methyl/N-ethyl adjacent to an activating group) is 1. The number of hydrogen-bond donors (Lipinski definition) is 1. The Balaban J connectivity index is 2.21. The Morgan fingerprint density at radius 3 is 2.67 bits per heavy atom. The van der Waals surface area contributed by atoms with Gasteiger partial charge in [-0.3, -0.25) is 4.79 Å². The van der Waals surface area contributed by atoms with E-state index in [0.29, 0.717) is 11.6 Å². The van der Waals surface area contributed by atoms with Crippen molar-refractivity contribution in [1.29, 1.82) is 0 Å². The summed E-state index contributed by atoms with van der Waals surface area (Å²) in [6.07, 6.45) is 0. The van der Waals surface area contributed by atoms with Crippen LogP contribution in [0.1, 0.15) is 18.5 Å². The topological polar surface area (TPSA) is 49.6 Å². The van der Waals surface area contributed by atoms with Crippen molar-refractivity contribution in [2.45, 2.75) is 13.0 Å². The van der Waals surface area contributed by atoms with Crippen LogP contribution in [0.4, 0.5) is 5.69 Å². The highest BCUT2D eigenvalue weighted by atomic mass is 35.5. The lowest BCUT2D eigenvalue weighted by atomic mass is 10.1.